The summed E-state index contributed by atoms with van der Waals surface area (Å²) in [6.07, 6.45) is 6.24. The van der Waals surface area contributed by atoms with Crippen LogP contribution in [-0.2, 0) is 20.0 Å². The van der Waals surface area contributed by atoms with Crippen molar-refractivity contribution >= 4 is 35.6 Å². The Morgan fingerprint density at radius 3 is 2.61 bits per heavy atom. The number of rotatable bonds is 6. The lowest BCUT2D eigenvalue weighted by atomic mass is 10.0. The molecular formula is C24H37FIN7. The first-order valence-electron chi connectivity index (χ1n) is 11.7. The number of piperazine rings is 1. The molecule has 2 aromatic rings. The van der Waals surface area contributed by atoms with Crippen molar-refractivity contribution < 1.29 is 4.39 Å². The third-order valence-corrected chi connectivity index (χ3v) is 6.70. The highest BCUT2D eigenvalue weighted by Gasteiger charge is 2.25. The number of hydrogen-bond acceptors (Lipinski definition) is 4. The van der Waals surface area contributed by atoms with E-state index in [0.717, 1.165) is 70.2 Å². The van der Waals surface area contributed by atoms with Crippen molar-refractivity contribution in [3.05, 3.63) is 47.5 Å². The number of aliphatic imine (C=N–C) groups is 1. The predicted molar refractivity (Wildman–Crippen MR) is 143 cm³/mol. The molecule has 0 saturated carbocycles. The minimum absolute atomic E-state index is 0. The number of halogens is 2. The van der Waals surface area contributed by atoms with Gasteiger partial charge in [0.1, 0.15) is 5.82 Å². The van der Waals surface area contributed by atoms with Gasteiger partial charge in [-0.05, 0) is 48.6 Å². The maximum Gasteiger partial charge on any atom is 0.193 e. The molecule has 182 valence electrons. The summed E-state index contributed by atoms with van der Waals surface area (Å²) >= 11 is 0. The normalized spacial score (nSPS) is 19.6. The number of nitrogens with one attached hydrogen (secondary N) is 1. The van der Waals surface area contributed by atoms with E-state index in [4.69, 9.17) is 0 Å². The largest absolute Gasteiger partial charge is 0.367 e. The van der Waals surface area contributed by atoms with E-state index in [9.17, 15) is 4.39 Å². The second-order valence-corrected chi connectivity index (χ2v) is 8.93. The summed E-state index contributed by atoms with van der Waals surface area (Å²) in [4.78, 5) is 11.3. The topological polar surface area (TPSA) is 51.9 Å². The Kier molecular flexibility index (Phi) is 9.37. The number of aryl methyl sites for hydroxylation is 1. The van der Waals surface area contributed by atoms with Crippen LogP contribution in [0.15, 0.2) is 35.6 Å². The van der Waals surface area contributed by atoms with Crippen molar-refractivity contribution in [2.24, 2.45) is 18.0 Å². The smallest absolute Gasteiger partial charge is 0.193 e. The second kappa shape index (κ2) is 12.0. The number of aromatic nitrogens is 2. The molecular weight excluding hydrogens is 532 g/mol. The molecule has 0 aliphatic carbocycles. The fourth-order valence-electron chi connectivity index (χ4n) is 4.84. The minimum atomic E-state index is -0.137. The molecule has 0 bridgehead atoms. The van der Waals surface area contributed by atoms with Gasteiger partial charge in [-0.1, -0.05) is 13.0 Å². The first-order chi connectivity index (χ1) is 15.6. The number of nitrogens with zero attached hydrogens (tertiary/aromatic N) is 6. The Morgan fingerprint density at radius 2 is 1.97 bits per heavy atom. The van der Waals surface area contributed by atoms with Crippen LogP contribution in [0.2, 0.25) is 0 Å². The molecule has 2 fully saturated rings. The number of hydrogen-bond donors (Lipinski definition) is 1. The van der Waals surface area contributed by atoms with Crippen LogP contribution in [0.25, 0.3) is 0 Å². The summed E-state index contributed by atoms with van der Waals surface area (Å²) in [6.45, 7) is 9.51. The Labute approximate surface area is 214 Å². The van der Waals surface area contributed by atoms with Crippen LogP contribution in [0.5, 0.6) is 0 Å². The Hall–Kier alpha value is -1.88. The maximum atomic E-state index is 14.9. The first kappa shape index (κ1) is 25.7. The highest BCUT2D eigenvalue weighted by Crippen LogP contribution is 2.23. The zero-order valence-corrected chi connectivity index (χ0v) is 22.3. The number of guanidine groups is 1. The molecule has 1 aromatic carbocycles. The van der Waals surface area contributed by atoms with Crippen LogP contribution in [0, 0.1) is 11.7 Å². The summed E-state index contributed by atoms with van der Waals surface area (Å²) in [7, 11) is 3.77. The van der Waals surface area contributed by atoms with Gasteiger partial charge in [-0.2, -0.15) is 5.10 Å². The fraction of sp³-hybridized carbons (Fsp3) is 0.583. The molecule has 0 spiro atoms. The second-order valence-electron chi connectivity index (χ2n) is 8.93. The van der Waals surface area contributed by atoms with Crippen molar-refractivity contribution in [2.45, 2.75) is 26.3 Å². The summed E-state index contributed by atoms with van der Waals surface area (Å²) in [5.41, 5.74) is 2.94. The van der Waals surface area contributed by atoms with E-state index in [1.54, 1.807) is 6.07 Å². The van der Waals surface area contributed by atoms with Crippen LogP contribution >= 0.6 is 24.0 Å². The van der Waals surface area contributed by atoms with Gasteiger partial charge in [0.15, 0.2) is 5.96 Å². The standard InChI is InChI=1S/C24H36FN7.HI/c1-4-30-9-11-31(12-10-30)23-6-5-19(14-22(23)25)15-27-24(26-2)32-8-7-20(18-32)13-21-16-28-29(3)17-21;/h5-6,14,16-17,20H,4,7-13,15,18H2,1-3H3,(H,26,27);1H. The number of likely N-dealkylation sites (tertiary alicyclic amines) is 1. The molecule has 33 heavy (non-hydrogen) atoms. The molecule has 1 aromatic heterocycles. The third kappa shape index (κ3) is 6.59. The molecule has 2 aliphatic rings. The molecule has 1 atom stereocenters. The van der Waals surface area contributed by atoms with Crippen molar-refractivity contribution in [3.8, 4) is 0 Å². The fourth-order valence-corrected chi connectivity index (χ4v) is 4.84. The van der Waals surface area contributed by atoms with Gasteiger partial charge in [-0.3, -0.25) is 9.67 Å². The van der Waals surface area contributed by atoms with E-state index in [-0.39, 0.29) is 29.8 Å². The molecule has 1 unspecified atom stereocenters. The van der Waals surface area contributed by atoms with Gasteiger partial charge >= 0.3 is 0 Å². The van der Waals surface area contributed by atoms with Gasteiger partial charge < -0.3 is 20.0 Å². The lowest BCUT2D eigenvalue weighted by Crippen LogP contribution is -2.46. The quantitative estimate of drug-likeness (QED) is 0.330. The molecule has 3 heterocycles. The molecule has 0 amide bonds. The zero-order valence-electron chi connectivity index (χ0n) is 20.0. The molecule has 2 saturated heterocycles. The van der Waals surface area contributed by atoms with Crippen LogP contribution in [0.1, 0.15) is 24.5 Å². The first-order valence-corrected chi connectivity index (χ1v) is 11.7. The number of likely N-dealkylation sites (N-methyl/N-ethyl adjacent to an activating group) is 1. The van der Waals surface area contributed by atoms with Crippen LogP contribution in [0.4, 0.5) is 10.1 Å². The summed E-state index contributed by atoms with van der Waals surface area (Å²) < 4.78 is 16.7. The van der Waals surface area contributed by atoms with Crippen LogP contribution in [-0.4, -0.2) is 78.4 Å². The lowest BCUT2D eigenvalue weighted by Gasteiger charge is -2.35. The molecule has 1 N–H and O–H groups in total. The van der Waals surface area contributed by atoms with Gasteiger partial charge in [0.05, 0.1) is 11.9 Å². The summed E-state index contributed by atoms with van der Waals surface area (Å²) in [5, 5.41) is 7.70. The highest BCUT2D eigenvalue weighted by atomic mass is 127. The van der Waals surface area contributed by atoms with E-state index in [2.05, 4.69) is 43.2 Å². The van der Waals surface area contributed by atoms with Gasteiger partial charge in [-0.15, -0.1) is 24.0 Å². The monoisotopic (exact) mass is 569 g/mol. The predicted octanol–water partition coefficient (Wildman–Crippen LogP) is 2.96. The highest BCUT2D eigenvalue weighted by molar-refractivity contribution is 14.0. The molecule has 4 rings (SSSR count). The molecule has 2 aliphatic heterocycles. The van der Waals surface area contributed by atoms with E-state index in [0.29, 0.717) is 18.2 Å². The Balaban J connectivity index is 0.00000306. The van der Waals surface area contributed by atoms with Gasteiger partial charge in [0.2, 0.25) is 0 Å². The van der Waals surface area contributed by atoms with Crippen LogP contribution in [0.3, 0.4) is 0 Å². The minimum Gasteiger partial charge on any atom is -0.367 e. The average Bonchev–Trinajstić information content (AvgIpc) is 3.43. The van der Waals surface area contributed by atoms with Gasteiger partial charge in [-0.25, -0.2) is 4.39 Å². The van der Waals surface area contributed by atoms with E-state index < -0.39 is 0 Å². The zero-order chi connectivity index (χ0) is 22.5. The summed E-state index contributed by atoms with van der Waals surface area (Å²) in [5.74, 6) is 1.35. The van der Waals surface area contributed by atoms with Crippen molar-refractivity contribution in [1.82, 2.24) is 24.9 Å². The maximum absolute atomic E-state index is 14.9. The van der Waals surface area contributed by atoms with Crippen molar-refractivity contribution in [1.29, 1.82) is 0 Å². The Morgan fingerprint density at radius 1 is 1.18 bits per heavy atom. The third-order valence-electron chi connectivity index (χ3n) is 6.70. The van der Waals surface area contributed by atoms with Crippen LogP contribution < -0.4 is 10.2 Å². The number of benzene rings is 1. The van der Waals surface area contributed by atoms with E-state index in [1.165, 1.54) is 5.56 Å². The number of anilines is 1. The van der Waals surface area contributed by atoms with E-state index in [1.807, 2.05) is 37.1 Å². The molecule has 9 heteroatoms. The molecule has 0 radical (unpaired) electrons. The van der Waals surface area contributed by atoms with Crippen molar-refractivity contribution in [3.63, 3.8) is 0 Å². The van der Waals surface area contributed by atoms with Gasteiger partial charge in [0, 0.05) is 66.1 Å². The van der Waals surface area contributed by atoms with Gasteiger partial charge in [0.25, 0.3) is 0 Å². The summed E-state index contributed by atoms with van der Waals surface area (Å²) in [6, 6.07) is 5.62. The Bertz CT molecular complexity index is 923. The molecule has 7 nitrogen and oxygen atoms in total. The SMILES string of the molecule is CCN1CCN(c2ccc(CNC(=NC)N3CCC(Cc4cnn(C)c4)C3)cc2F)CC1.I. The lowest BCUT2D eigenvalue weighted by molar-refractivity contribution is 0.270. The average molecular weight is 570 g/mol. The van der Waals surface area contributed by atoms with E-state index >= 15 is 0 Å². The van der Waals surface area contributed by atoms with Crippen molar-refractivity contribution in [2.75, 3.05) is 57.8 Å².